The predicted molar refractivity (Wildman–Crippen MR) is 70.8 cm³/mol. The highest BCUT2D eigenvalue weighted by molar-refractivity contribution is 7.87. The first kappa shape index (κ1) is 18.8. The van der Waals surface area contributed by atoms with Crippen LogP contribution in [-0.4, -0.2) is 35.8 Å². The summed E-state index contributed by atoms with van der Waals surface area (Å²) in [4.78, 5) is -4.16. The quantitative estimate of drug-likeness (QED) is 0.655. The van der Waals surface area contributed by atoms with Crippen molar-refractivity contribution in [3.63, 3.8) is 0 Å². The molecule has 2 unspecified atom stereocenters. The van der Waals surface area contributed by atoms with Gasteiger partial charge >= 0.3 is 0 Å². The van der Waals surface area contributed by atoms with Gasteiger partial charge < -0.3 is 4.74 Å². The zero-order chi connectivity index (χ0) is 15.5. The fourth-order valence-corrected chi connectivity index (χ4v) is 3.39. The van der Waals surface area contributed by atoms with Crippen LogP contribution in [0, 0.1) is 0 Å². The Morgan fingerprint density at radius 3 is 1.26 bits per heavy atom. The molecule has 0 spiro atoms. The third-order valence-electron chi connectivity index (χ3n) is 2.93. The van der Waals surface area contributed by atoms with Crippen LogP contribution in [0.15, 0.2) is 0 Å². The molecule has 0 aliphatic carbocycles. The van der Waals surface area contributed by atoms with E-state index in [2.05, 4.69) is 0 Å². The normalized spacial score (nSPS) is 19.7. The van der Waals surface area contributed by atoms with Crippen molar-refractivity contribution in [3.05, 3.63) is 0 Å². The lowest BCUT2D eigenvalue weighted by atomic mass is 10.2. The Morgan fingerprint density at radius 1 is 0.842 bits per heavy atom. The summed E-state index contributed by atoms with van der Waals surface area (Å²) in [6.07, 6.45) is 0.509. The molecule has 0 fully saturated rings. The molecule has 0 rings (SSSR count). The number of hydrogen-bond acceptors (Lipinski definition) is 5. The molecule has 0 aromatic carbocycles. The van der Waals surface area contributed by atoms with Gasteiger partial charge in [-0.25, -0.2) is 0 Å². The van der Waals surface area contributed by atoms with Gasteiger partial charge in [0.05, 0.1) is 0 Å². The molecule has 0 aromatic heterocycles. The van der Waals surface area contributed by atoms with Crippen molar-refractivity contribution in [1.29, 1.82) is 0 Å². The molecule has 9 heteroatoms. The van der Waals surface area contributed by atoms with Crippen molar-refractivity contribution in [1.82, 2.24) is 0 Å². The highest BCUT2D eigenvalue weighted by Crippen LogP contribution is 2.35. The van der Waals surface area contributed by atoms with Crippen molar-refractivity contribution in [2.75, 3.05) is 0 Å². The van der Waals surface area contributed by atoms with E-state index in [9.17, 15) is 25.9 Å². The minimum absolute atomic E-state index is 0.0966. The maximum Gasteiger partial charge on any atom is 0.294 e. The SMILES string of the molecule is CCCC(C)(OC(C)(CCC)S(=O)(=O)O)S(=O)(=O)O. The molecular weight excluding hydrogens is 296 g/mol. The zero-order valence-electron chi connectivity index (χ0n) is 11.6. The van der Waals surface area contributed by atoms with Crippen LogP contribution < -0.4 is 0 Å². The molecule has 0 saturated heterocycles. The van der Waals surface area contributed by atoms with Gasteiger partial charge in [-0.2, -0.15) is 16.8 Å². The van der Waals surface area contributed by atoms with Crippen LogP contribution in [0.2, 0.25) is 0 Å². The highest BCUT2D eigenvalue weighted by Gasteiger charge is 2.49. The maximum atomic E-state index is 11.4. The molecule has 0 aromatic rings. The van der Waals surface area contributed by atoms with Crippen molar-refractivity contribution in [3.8, 4) is 0 Å². The second kappa shape index (κ2) is 6.04. The first-order chi connectivity index (χ1) is 8.33. The van der Waals surface area contributed by atoms with Gasteiger partial charge in [0.25, 0.3) is 20.2 Å². The summed E-state index contributed by atoms with van der Waals surface area (Å²) in [6.45, 7) is 5.50. The maximum absolute atomic E-state index is 11.4. The fraction of sp³-hybridized carbons (Fsp3) is 1.00. The minimum Gasteiger partial charge on any atom is -0.332 e. The monoisotopic (exact) mass is 318 g/mol. The van der Waals surface area contributed by atoms with Gasteiger partial charge in [0, 0.05) is 0 Å². The molecule has 2 atom stereocenters. The van der Waals surface area contributed by atoms with Gasteiger partial charge in [-0.3, -0.25) is 9.11 Å². The molecule has 7 nitrogen and oxygen atoms in total. The molecule has 116 valence electrons. The standard InChI is InChI=1S/C10H22O7S2/c1-5-7-9(3,18(11,12)13)17-10(4,8-6-2)19(14,15)16/h5-8H2,1-4H3,(H,11,12,13)(H,14,15,16). The van der Waals surface area contributed by atoms with E-state index in [4.69, 9.17) is 4.74 Å². The van der Waals surface area contributed by atoms with Crippen LogP contribution >= 0.6 is 0 Å². The van der Waals surface area contributed by atoms with Crippen molar-refractivity contribution >= 4 is 20.2 Å². The van der Waals surface area contributed by atoms with Crippen LogP contribution in [0.4, 0.5) is 0 Å². The van der Waals surface area contributed by atoms with Crippen molar-refractivity contribution in [2.45, 2.75) is 63.2 Å². The van der Waals surface area contributed by atoms with Gasteiger partial charge in [0.2, 0.25) is 0 Å². The smallest absolute Gasteiger partial charge is 0.294 e. The van der Waals surface area contributed by atoms with Crippen LogP contribution in [0.3, 0.4) is 0 Å². The lowest BCUT2D eigenvalue weighted by Gasteiger charge is -2.36. The lowest BCUT2D eigenvalue weighted by Crippen LogP contribution is -2.49. The van der Waals surface area contributed by atoms with E-state index >= 15 is 0 Å². The van der Waals surface area contributed by atoms with Gasteiger partial charge in [0.1, 0.15) is 0 Å². The largest absolute Gasteiger partial charge is 0.332 e. The molecule has 0 radical (unpaired) electrons. The molecule has 0 heterocycles. The van der Waals surface area contributed by atoms with Gasteiger partial charge in [-0.05, 0) is 26.7 Å². The summed E-state index contributed by atoms with van der Waals surface area (Å²) in [5.74, 6) is 0. The minimum atomic E-state index is -4.64. The number of hydrogen-bond donors (Lipinski definition) is 2. The fourth-order valence-electron chi connectivity index (χ4n) is 1.83. The average Bonchev–Trinajstić information content (AvgIpc) is 2.14. The van der Waals surface area contributed by atoms with E-state index in [-0.39, 0.29) is 12.8 Å². The molecule has 0 amide bonds. The second-order valence-electron chi connectivity index (χ2n) is 4.82. The Morgan fingerprint density at radius 2 is 1.11 bits per heavy atom. The average molecular weight is 318 g/mol. The first-order valence-electron chi connectivity index (χ1n) is 5.97. The van der Waals surface area contributed by atoms with E-state index in [0.29, 0.717) is 12.8 Å². The van der Waals surface area contributed by atoms with E-state index in [1.54, 1.807) is 13.8 Å². The Bertz CT molecular complexity index is 450. The number of rotatable bonds is 8. The Labute approximate surface area is 114 Å². The zero-order valence-corrected chi connectivity index (χ0v) is 13.2. The Balaban J connectivity index is 5.67. The molecular formula is C10H22O7S2. The van der Waals surface area contributed by atoms with Crippen molar-refractivity contribution < 1.29 is 30.7 Å². The molecule has 0 aliphatic rings. The van der Waals surface area contributed by atoms with Gasteiger partial charge in [0.15, 0.2) is 9.87 Å². The highest BCUT2D eigenvalue weighted by atomic mass is 32.2. The second-order valence-corrected chi connectivity index (χ2v) is 8.45. The summed E-state index contributed by atoms with van der Waals surface area (Å²) in [5.41, 5.74) is 0. The molecule has 19 heavy (non-hydrogen) atoms. The van der Waals surface area contributed by atoms with Gasteiger partial charge in [-0.1, -0.05) is 26.7 Å². The molecule has 2 N–H and O–H groups in total. The van der Waals surface area contributed by atoms with Crippen LogP contribution in [0.5, 0.6) is 0 Å². The van der Waals surface area contributed by atoms with E-state index < -0.39 is 30.1 Å². The third kappa shape index (κ3) is 4.38. The van der Waals surface area contributed by atoms with Gasteiger partial charge in [-0.15, -0.1) is 0 Å². The Hall–Kier alpha value is -0.220. The van der Waals surface area contributed by atoms with E-state index in [1.807, 2.05) is 0 Å². The van der Waals surface area contributed by atoms with E-state index in [0.717, 1.165) is 13.8 Å². The summed E-state index contributed by atoms with van der Waals surface area (Å²) >= 11 is 0. The number of ether oxygens (including phenoxy) is 1. The topological polar surface area (TPSA) is 118 Å². The summed E-state index contributed by atoms with van der Waals surface area (Å²) in [7, 11) is -9.27. The molecule has 0 bridgehead atoms. The summed E-state index contributed by atoms with van der Waals surface area (Å²) in [5, 5.41) is 0. The van der Waals surface area contributed by atoms with Crippen LogP contribution in [-0.2, 0) is 25.0 Å². The third-order valence-corrected chi connectivity index (χ3v) is 5.69. The van der Waals surface area contributed by atoms with Crippen LogP contribution in [0.1, 0.15) is 53.4 Å². The van der Waals surface area contributed by atoms with Crippen LogP contribution in [0.25, 0.3) is 0 Å². The van der Waals surface area contributed by atoms with Crippen molar-refractivity contribution in [2.24, 2.45) is 0 Å². The first-order valence-corrected chi connectivity index (χ1v) is 8.85. The summed E-state index contributed by atoms with van der Waals surface area (Å²) in [6, 6.07) is 0. The Kier molecular flexibility index (Phi) is 5.97. The molecule has 0 aliphatic heterocycles. The van der Waals surface area contributed by atoms with E-state index in [1.165, 1.54) is 0 Å². The predicted octanol–water partition coefficient (Wildman–Crippen LogP) is 1.81. The lowest BCUT2D eigenvalue weighted by molar-refractivity contribution is -0.0647. The summed E-state index contributed by atoms with van der Waals surface area (Å²) < 4.78 is 69.3. The molecule has 0 saturated carbocycles.